The highest BCUT2D eigenvalue weighted by molar-refractivity contribution is 5.67. The molecular weight excluding hydrogens is 412 g/mol. The Morgan fingerprint density at radius 2 is 2.03 bits per heavy atom. The molecule has 2 aliphatic rings. The Labute approximate surface area is 191 Å². The Kier molecular flexibility index (Phi) is 9.25. The number of epoxide rings is 1. The van der Waals surface area contributed by atoms with Crippen molar-refractivity contribution in [2.24, 2.45) is 11.8 Å². The highest BCUT2D eigenvalue weighted by Gasteiger charge is 2.56. The van der Waals surface area contributed by atoms with Gasteiger partial charge in [0, 0.05) is 19.4 Å². The number of hydrogen-bond donors (Lipinski definition) is 3. The van der Waals surface area contributed by atoms with Crippen LogP contribution in [0.4, 0.5) is 0 Å². The van der Waals surface area contributed by atoms with Gasteiger partial charge in [0.15, 0.2) is 0 Å². The first kappa shape index (κ1) is 26.7. The standard InChI is InChI=1S/C25H40O7/c1-14(13-25(6)24(32-25)17(4)23(30-7)18(5)26)9-8-10-15(2)22-16(3)20(27)11-19(31-22)12-21(28)29/h8-10,14,17-20,22-24,26-27H,3,11-13H2,1-2,4-7H3,(H,28,29)/b9-8+,15-10+/t14-,17-,18?,19-,20-,22-,23-,24-,25-/m1/s1. The van der Waals surface area contributed by atoms with Gasteiger partial charge in [0.25, 0.3) is 0 Å². The maximum absolute atomic E-state index is 11.0. The molecule has 0 spiro atoms. The molecule has 182 valence electrons. The van der Waals surface area contributed by atoms with Crippen molar-refractivity contribution in [1.29, 1.82) is 0 Å². The van der Waals surface area contributed by atoms with Gasteiger partial charge in [0.05, 0.1) is 42.5 Å². The Balaban J connectivity index is 1.93. The minimum absolute atomic E-state index is 0.0433. The van der Waals surface area contributed by atoms with Gasteiger partial charge in [-0.1, -0.05) is 38.7 Å². The van der Waals surface area contributed by atoms with Gasteiger partial charge >= 0.3 is 5.97 Å². The second-order valence-electron chi connectivity index (χ2n) is 9.69. The Morgan fingerprint density at radius 1 is 1.38 bits per heavy atom. The van der Waals surface area contributed by atoms with Crippen LogP contribution in [-0.2, 0) is 19.0 Å². The van der Waals surface area contributed by atoms with E-state index in [1.807, 2.05) is 26.0 Å². The zero-order valence-corrected chi connectivity index (χ0v) is 20.2. The minimum atomic E-state index is -0.947. The smallest absolute Gasteiger partial charge is 0.305 e. The van der Waals surface area contributed by atoms with Gasteiger partial charge in [0.2, 0.25) is 0 Å². The molecule has 2 saturated heterocycles. The van der Waals surface area contributed by atoms with E-state index in [4.69, 9.17) is 19.3 Å². The summed E-state index contributed by atoms with van der Waals surface area (Å²) >= 11 is 0. The third kappa shape index (κ3) is 6.75. The van der Waals surface area contributed by atoms with E-state index in [1.54, 1.807) is 14.0 Å². The maximum Gasteiger partial charge on any atom is 0.305 e. The van der Waals surface area contributed by atoms with Crippen LogP contribution in [0, 0.1) is 11.8 Å². The normalized spacial score (nSPS) is 34.9. The SMILES string of the molecule is C=C1[C@H](O)C[C@H](CC(=O)O)O[C@@H]1/C(C)=C/C=C/[C@@H](C)C[C@@]1(C)O[C@@H]1[C@H](C)[C@@H](OC)C(C)O. The molecule has 9 atom stereocenters. The number of aliphatic hydroxyl groups excluding tert-OH is 2. The van der Waals surface area contributed by atoms with Gasteiger partial charge in [-0.3, -0.25) is 4.79 Å². The fraction of sp³-hybridized carbons (Fsp3) is 0.720. The van der Waals surface area contributed by atoms with Crippen LogP contribution >= 0.6 is 0 Å². The first-order valence-corrected chi connectivity index (χ1v) is 11.4. The average molecular weight is 453 g/mol. The number of allylic oxidation sites excluding steroid dienone is 3. The van der Waals surface area contributed by atoms with Gasteiger partial charge in [-0.05, 0) is 44.3 Å². The second kappa shape index (κ2) is 11.1. The zero-order chi connectivity index (χ0) is 24.2. The molecule has 2 rings (SSSR count). The van der Waals surface area contributed by atoms with Crippen LogP contribution in [-0.4, -0.2) is 70.6 Å². The summed E-state index contributed by atoms with van der Waals surface area (Å²) in [5, 5.41) is 29.2. The summed E-state index contributed by atoms with van der Waals surface area (Å²) in [5.41, 5.74) is 1.18. The first-order chi connectivity index (χ1) is 14.9. The van der Waals surface area contributed by atoms with E-state index >= 15 is 0 Å². The summed E-state index contributed by atoms with van der Waals surface area (Å²) in [6.07, 6.45) is 4.35. The van der Waals surface area contributed by atoms with Crippen molar-refractivity contribution < 1.29 is 34.3 Å². The Hall–Kier alpha value is -1.51. The summed E-state index contributed by atoms with van der Waals surface area (Å²) in [7, 11) is 1.61. The van der Waals surface area contributed by atoms with E-state index < -0.39 is 30.4 Å². The summed E-state index contributed by atoms with van der Waals surface area (Å²) in [4.78, 5) is 11.0. The summed E-state index contributed by atoms with van der Waals surface area (Å²) in [6, 6.07) is 0. The molecule has 7 nitrogen and oxygen atoms in total. The van der Waals surface area contributed by atoms with Crippen LogP contribution in [0.15, 0.2) is 36.0 Å². The second-order valence-corrected chi connectivity index (χ2v) is 9.69. The molecule has 7 heteroatoms. The molecule has 3 N–H and O–H groups in total. The predicted molar refractivity (Wildman–Crippen MR) is 122 cm³/mol. The van der Waals surface area contributed by atoms with Crippen LogP contribution in [0.3, 0.4) is 0 Å². The molecule has 0 amide bonds. The van der Waals surface area contributed by atoms with Gasteiger partial charge in [-0.25, -0.2) is 0 Å². The lowest BCUT2D eigenvalue weighted by atomic mass is 9.85. The molecular formula is C25H40O7. The van der Waals surface area contributed by atoms with E-state index in [0.29, 0.717) is 5.57 Å². The number of methoxy groups -OCH3 is 1. The molecule has 0 bridgehead atoms. The number of aliphatic carboxylic acids is 1. The molecule has 2 aliphatic heterocycles. The van der Waals surface area contributed by atoms with E-state index in [2.05, 4.69) is 26.5 Å². The molecule has 1 unspecified atom stereocenters. The molecule has 0 saturated carbocycles. The van der Waals surface area contributed by atoms with Crippen molar-refractivity contribution in [2.75, 3.05) is 7.11 Å². The number of carbonyl (C=O) groups is 1. The van der Waals surface area contributed by atoms with Gasteiger partial charge in [-0.2, -0.15) is 0 Å². The van der Waals surface area contributed by atoms with Crippen molar-refractivity contribution in [1.82, 2.24) is 0 Å². The molecule has 2 heterocycles. The zero-order valence-electron chi connectivity index (χ0n) is 20.2. The van der Waals surface area contributed by atoms with Gasteiger partial charge < -0.3 is 29.5 Å². The Bertz CT molecular complexity index is 728. The highest BCUT2D eigenvalue weighted by Crippen LogP contribution is 2.47. The van der Waals surface area contributed by atoms with Crippen LogP contribution in [0.1, 0.15) is 53.9 Å². The summed E-state index contributed by atoms with van der Waals surface area (Å²) < 4.78 is 17.3. The third-order valence-corrected chi connectivity index (χ3v) is 6.61. The van der Waals surface area contributed by atoms with Crippen molar-refractivity contribution >= 4 is 5.97 Å². The monoisotopic (exact) mass is 452 g/mol. The van der Waals surface area contributed by atoms with Crippen LogP contribution < -0.4 is 0 Å². The van der Waals surface area contributed by atoms with E-state index in [1.165, 1.54) is 0 Å². The van der Waals surface area contributed by atoms with Gasteiger partial charge in [0.1, 0.15) is 6.10 Å². The quantitative estimate of drug-likeness (QED) is 0.251. The number of aliphatic hydroxyl groups is 2. The number of carboxylic acids is 1. The van der Waals surface area contributed by atoms with Crippen molar-refractivity contribution in [3.8, 4) is 0 Å². The van der Waals surface area contributed by atoms with Crippen molar-refractivity contribution in [3.63, 3.8) is 0 Å². The fourth-order valence-electron chi connectivity index (χ4n) is 4.94. The first-order valence-electron chi connectivity index (χ1n) is 11.4. The molecule has 2 fully saturated rings. The molecule has 0 aromatic carbocycles. The van der Waals surface area contributed by atoms with Crippen molar-refractivity contribution in [3.05, 3.63) is 36.0 Å². The summed E-state index contributed by atoms with van der Waals surface area (Å²) in [5.74, 6) is -0.602. The lowest BCUT2D eigenvalue weighted by molar-refractivity contribution is -0.142. The molecule has 0 aliphatic carbocycles. The maximum atomic E-state index is 11.0. The Morgan fingerprint density at radius 3 is 2.59 bits per heavy atom. The van der Waals surface area contributed by atoms with E-state index in [-0.39, 0.29) is 42.5 Å². The average Bonchev–Trinajstić information content (AvgIpc) is 3.34. The van der Waals surface area contributed by atoms with Crippen LogP contribution in [0.2, 0.25) is 0 Å². The fourth-order valence-corrected chi connectivity index (χ4v) is 4.94. The number of ether oxygens (including phenoxy) is 3. The van der Waals surface area contributed by atoms with Crippen LogP contribution in [0.25, 0.3) is 0 Å². The number of carboxylic acid groups (broad SMARTS) is 1. The van der Waals surface area contributed by atoms with Crippen molar-refractivity contribution in [2.45, 2.75) is 96.1 Å². The van der Waals surface area contributed by atoms with E-state index in [0.717, 1.165) is 12.0 Å². The lowest BCUT2D eigenvalue weighted by Crippen LogP contribution is -2.39. The topological polar surface area (TPSA) is 109 Å². The van der Waals surface area contributed by atoms with E-state index in [9.17, 15) is 15.0 Å². The van der Waals surface area contributed by atoms with Crippen LogP contribution in [0.5, 0.6) is 0 Å². The number of hydrogen-bond acceptors (Lipinski definition) is 6. The van der Waals surface area contributed by atoms with Gasteiger partial charge in [-0.15, -0.1) is 0 Å². The predicted octanol–water partition coefficient (Wildman–Crippen LogP) is 3.25. The minimum Gasteiger partial charge on any atom is -0.481 e. The lowest BCUT2D eigenvalue weighted by Gasteiger charge is -2.35. The third-order valence-electron chi connectivity index (χ3n) is 6.61. The molecule has 0 aromatic rings. The number of rotatable bonds is 11. The largest absolute Gasteiger partial charge is 0.481 e. The summed E-state index contributed by atoms with van der Waals surface area (Å²) in [6.45, 7) is 13.8. The molecule has 0 radical (unpaired) electrons. The highest BCUT2D eigenvalue weighted by atomic mass is 16.6. The molecule has 32 heavy (non-hydrogen) atoms. The molecule has 0 aromatic heterocycles.